The Morgan fingerprint density at radius 2 is 1.84 bits per heavy atom. The Balaban J connectivity index is 1.21. The fourth-order valence-corrected chi connectivity index (χ4v) is 5.53. The van der Waals surface area contributed by atoms with Gasteiger partial charge < -0.3 is 25.3 Å². The number of H-pyrrole nitrogens is 2. The molecule has 224 valence electrons. The SMILES string of the molecule is CN(C)CCNc1cc(F)cc(-c2ccnc3nc(-c4[nH]nc5ncc(-c6cncc(OC7CCNCC7)c6)cc45)[nH]c23)c1. The number of hydrogen-bond donors (Lipinski definition) is 4. The zero-order valence-electron chi connectivity index (χ0n) is 24.6. The van der Waals surface area contributed by atoms with Crippen molar-refractivity contribution in [2.75, 3.05) is 45.6 Å². The zero-order valence-corrected chi connectivity index (χ0v) is 24.6. The molecule has 6 aromatic rings. The second kappa shape index (κ2) is 12.0. The van der Waals surface area contributed by atoms with Crippen LogP contribution in [0.5, 0.6) is 5.75 Å². The van der Waals surface area contributed by atoms with Gasteiger partial charge in [0.05, 0.1) is 17.1 Å². The maximum atomic E-state index is 14.7. The predicted molar refractivity (Wildman–Crippen MR) is 169 cm³/mol. The minimum absolute atomic E-state index is 0.180. The fourth-order valence-electron chi connectivity index (χ4n) is 5.53. The summed E-state index contributed by atoms with van der Waals surface area (Å²) in [6.45, 7) is 3.44. The Bertz CT molecular complexity index is 1930. The van der Waals surface area contributed by atoms with Crippen molar-refractivity contribution in [3.05, 3.63) is 67.0 Å². The van der Waals surface area contributed by atoms with Crippen LogP contribution >= 0.6 is 0 Å². The van der Waals surface area contributed by atoms with Crippen molar-refractivity contribution in [1.82, 2.24) is 45.3 Å². The van der Waals surface area contributed by atoms with Crippen LogP contribution in [0.25, 0.3) is 56.0 Å². The molecule has 1 fully saturated rings. The third kappa shape index (κ3) is 5.81. The minimum atomic E-state index is -0.322. The topological polar surface area (TPSA) is 133 Å². The number of likely N-dealkylation sites (N-methyl/N-ethyl adjacent to an activating group) is 1. The number of benzene rings is 1. The van der Waals surface area contributed by atoms with Crippen molar-refractivity contribution in [2.45, 2.75) is 18.9 Å². The van der Waals surface area contributed by atoms with E-state index in [0.29, 0.717) is 40.6 Å². The van der Waals surface area contributed by atoms with Gasteiger partial charge in [-0.25, -0.2) is 19.3 Å². The molecule has 0 saturated carbocycles. The van der Waals surface area contributed by atoms with E-state index in [9.17, 15) is 4.39 Å². The fraction of sp³-hybridized carbons (Fsp3) is 0.281. The number of nitrogens with one attached hydrogen (secondary N) is 4. The third-order valence-corrected chi connectivity index (χ3v) is 7.77. The monoisotopic (exact) mass is 592 g/mol. The summed E-state index contributed by atoms with van der Waals surface area (Å²) in [5.41, 5.74) is 6.46. The van der Waals surface area contributed by atoms with Gasteiger partial charge in [-0.15, -0.1) is 0 Å². The largest absolute Gasteiger partial charge is 0.489 e. The van der Waals surface area contributed by atoms with Crippen LogP contribution in [0.15, 0.2) is 61.2 Å². The molecule has 6 heterocycles. The van der Waals surface area contributed by atoms with Crippen molar-refractivity contribution in [1.29, 1.82) is 0 Å². The number of piperidine rings is 1. The van der Waals surface area contributed by atoms with E-state index in [2.05, 4.69) is 45.7 Å². The van der Waals surface area contributed by atoms with Crippen LogP contribution < -0.4 is 15.4 Å². The molecule has 1 aliphatic heterocycles. The van der Waals surface area contributed by atoms with E-state index < -0.39 is 0 Å². The van der Waals surface area contributed by atoms with Gasteiger partial charge in [0.25, 0.3) is 0 Å². The first-order chi connectivity index (χ1) is 21.5. The molecular weight excluding hydrogens is 559 g/mol. The first-order valence-electron chi connectivity index (χ1n) is 14.7. The van der Waals surface area contributed by atoms with Gasteiger partial charge >= 0.3 is 0 Å². The first kappa shape index (κ1) is 27.9. The summed E-state index contributed by atoms with van der Waals surface area (Å²) < 4.78 is 20.9. The second-order valence-electron chi connectivity index (χ2n) is 11.3. The standard InChI is InChI=1S/C32H33FN10O/c1-43(2)10-9-36-23-12-19(11-22(33)15-23)26-5-8-37-31-28(26)39-32(40-31)29-27-14-21(17-38-30(27)42-41-29)20-13-25(18-35-16-20)44-24-3-6-34-7-4-24/h5,8,11-18,24,34,36H,3-4,6-7,9-10H2,1-2H3,(H,37,39,40)(H,38,41,42). The predicted octanol–water partition coefficient (Wildman–Crippen LogP) is 4.87. The Morgan fingerprint density at radius 1 is 0.977 bits per heavy atom. The Kier molecular flexibility index (Phi) is 7.59. The van der Waals surface area contributed by atoms with Crippen LogP contribution in [0.1, 0.15) is 12.8 Å². The summed E-state index contributed by atoms with van der Waals surface area (Å²) in [6.07, 6.45) is 9.14. The lowest BCUT2D eigenvalue weighted by atomic mass is 10.0. The van der Waals surface area contributed by atoms with Crippen LogP contribution in [0.4, 0.5) is 10.1 Å². The summed E-state index contributed by atoms with van der Waals surface area (Å²) in [7, 11) is 4.01. The Hall–Kier alpha value is -4.94. The summed E-state index contributed by atoms with van der Waals surface area (Å²) in [6, 6.07) is 10.8. The summed E-state index contributed by atoms with van der Waals surface area (Å²) in [5, 5.41) is 15.0. The van der Waals surface area contributed by atoms with Gasteiger partial charge in [-0.3, -0.25) is 10.1 Å². The normalized spacial score (nSPS) is 14.1. The average Bonchev–Trinajstić information content (AvgIpc) is 3.65. The van der Waals surface area contributed by atoms with Crippen LogP contribution in [-0.4, -0.2) is 86.4 Å². The first-order valence-corrected chi connectivity index (χ1v) is 14.7. The highest BCUT2D eigenvalue weighted by Crippen LogP contribution is 2.33. The molecule has 5 aromatic heterocycles. The lowest BCUT2D eigenvalue weighted by molar-refractivity contribution is 0.162. The van der Waals surface area contributed by atoms with E-state index in [1.807, 2.05) is 38.4 Å². The number of anilines is 1. The summed E-state index contributed by atoms with van der Waals surface area (Å²) >= 11 is 0. The molecule has 7 rings (SSSR count). The van der Waals surface area contributed by atoms with Crippen LogP contribution in [0.2, 0.25) is 0 Å². The van der Waals surface area contributed by atoms with E-state index in [1.54, 1.807) is 24.8 Å². The lowest BCUT2D eigenvalue weighted by Crippen LogP contribution is -2.34. The van der Waals surface area contributed by atoms with E-state index >= 15 is 0 Å². The highest BCUT2D eigenvalue weighted by Gasteiger charge is 2.18. The molecule has 0 aliphatic carbocycles. The van der Waals surface area contributed by atoms with Gasteiger partial charge in [0.15, 0.2) is 17.1 Å². The molecule has 1 aliphatic rings. The molecule has 1 aromatic carbocycles. The number of aromatic amines is 2. The van der Waals surface area contributed by atoms with Crippen LogP contribution in [0, 0.1) is 5.82 Å². The van der Waals surface area contributed by atoms with E-state index in [1.165, 1.54) is 12.1 Å². The number of aromatic nitrogens is 7. The number of nitrogens with zero attached hydrogens (tertiary/aromatic N) is 6. The maximum Gasteiger partial charge on any atom is 0.181 e. The van der Waals surface area contributed by atoms with Gasteiger partial charge in [0.2, 0.25) is 0 Å². The number of halogens is 1. The Labute approximate surface area is 253 Å². The highest BCUT2D eigenvalue weighted by molar-refractivity contribution is 5.96. The lowest BCUT2D eigenvalue weighted by Gasteiger charge is -2.23. The second-order valence-corrected chi connectivity index (χ2v) is 11.3. The molecule has 44 heavy (non-hydrogen) atoms. The molecule has 0 atom stereocenters. The number of pyridine rings is 3. The van der Waals surface area contributed by atoms with Crippen molar-refractivity contribution in [3.63, 3.8) is 0 Å². The molecule has 0 unspecified atom stereocenters. The molecular formula is C32H33FN10O. The molecule has 4 N–H and O–H groups in total. The number of imidazole rings is 1. The van der Waals surface area contributed by atoms with Crippen molar-refractivity contribution in [2.24, 2.45) is 0 Å². The number of hydrogen-bond acceptors (Lipinski definition) is 9. The van der Waals surface area contributed by atoms with Gasteiger partial charge in [-0.05, 0) is 82.0 Å². The molecule has 1 saturated heterocycles. The minimum Gasteiger partial charge on any atom is -0.489 e. The smallest absolute Gasteiger partial charge is 0.181 e. The molecule has 0 bridgehead atoms. The number of ether oxygens (including phenoxy) is 1. The zero-order chi connectivity index (χ0) is 30.0. The van der Waals surface area contributed by atoms with Gasteiger partial charge in [-0.1, -0.05) is 0 Å². The van der Waals surface area contributed by atoms with Crippen molar-refractivity contribution >= 4 is 27.9 Å². The van der Waals surface area contributed by atoms with Crippen LogP contribution in [-0.2, 0) is 0 Å². The number of fused-ring (bicyclic) bond motifs is 2. The molecule has 0 amide bonds. The number of rotatable bonds is 9. The Morgan fingerprint density at radius 3 is 2.70 bits per heavy atom. The summed E-state index contributed by atoms with van der Waals surface area (Å²) in [4.78, 5) is 23.8. The van der Waals surface area contributed by atoms with E-state index in [4.69, 9.17) is 9.72 Å². The molecule has 0 spiro atoms. The average molecular weight is 593 g/mol. The van der Waals surface area contributed by atoms with Gasteiger partial charge in [0, 0.05) is 54.1 Å². The van der Waals surface area contributed by atoms with Crippen molar-refractivity contribution < 1.29 is 9.13 Å². The molecule has 0 radical (unpaired) electrons. The third-order valence-electron chi connectivity index (χ3n) is 7.77. The van der Waals surface area contributed by atoms with E-state index in [-0.39, 0.29) is 11.9 Å². The van der Waals surface area contributed by atoms with E-state index in [0.717, 1.165) is 65.9 Å². The van der Waals surface area contributed by atoms with Gasteiger partial charge in [0.1, 0.15) is 23.4 Å². The van der Waals surface area contributed by atoms with Crippen LogP contribution in [0.3, 0.4) is 0 Å². The maximum absolute atomic E-state index is 14.7. The van der Waals surface area contributed by atoms with Crippen molar-refractivity contribution in [3.8, 4) is 39.5 Å². The quantitative estimate of drug-likeness (QED) is 0.186. The molecule has 11 nitrogen and oxygen atoms in total. The van der Waals surface area contributed by atoms with Gasteiger partial charge in [-0.2, -0.15) is 5.10 Å². The molecule has 12 heteroatoms. The highest BCUT2D eigenvalue weighted by atomic mass is 19.1. The summed E-state index contributed by atoms with van der Waals surface area (Å²) in [5.74, 6) is 0.979.